The van der Waals surface area contributed by atoms with Gasteiger partial charge in [-0.25, -0.2) is 8.42 Å². The maximum absolute atomic E-state index is 12.7. The number of piperazine rings is 1. The summed E-state index contributed by atoms with van der Waals surface area (Å²) < 4.78 is 26.7. The lowest BCUT2D eigenvalue weighted by atomic mass is 10.2. The third kappa shape index (κ3) is 5.34. The highest BCUT2D eigenvalue weighted by molar-refractivity contribution is 8.00. The molecule has 5 nitrogen and oxygen atoms in total. The number of amides is 1. The van der Waals surface area contributed by atoms with Crippen molar-refractivity contribution < 1.29 is 13.2 Å². The molecule has 0 radical (unpaired) electrons. The van der Waals surface area contributed by atoms with Gasteiger partial charge in [0, 0.05) is 31.1 Å². The third-order valence-electron chi connectivity index (χ3n) is 4.54. The van der Waals surface area contributed by atoms with Crippen molar-refractivity contribution in [3.8, 4) is 0 Å². The van der Waals surface area contributed by atoms with Crippen LogP contribution in [0.25, 0.3) is 0 Å². The van der Waals surface area contributed by atoms with Crippen LogP contribution in [0.15, 0.2) is 65.6 Å². The second kappa shape index (κ2) is 8.91. The molecule has 27 heavy (non-hydrogen) atoms. The highest BCUT2D eigenvalue weighted by atomic mass is 32.2. The van der Waals surface area contributed by atoms with Crippen molar-refractivity contribution in [1.29, 1.82) is 0 Å². The zero-order valence-electron chi connectivity index (χ0n) is 15.3. The van der Waals surface area contributed by atoms with Crippen LogP contribution in [0.5, 0.6) is 0 Å². The van der Waals surface area contributed by atoms with E-state index >= 15 is 0 Å². The lowest BCUT2D eigenvalue weighted by molar-refractivity contribution is -0.131. The zero-order chi connectivity index (χ0) is 19.3. The first-order valence-corrected chi connectivity index (χ1v) is 11.5. The Balaban J connectivity index is 1.54. The molecule has 1 aliphatic heterocycles. The Morgan fingerprint density at radius 3 is 2.11 bits per heavy atom. The number of nitrogens with zero attached hydrogens (tertiary/aromatic N) is 2. The van der Waals surface area contributed by atoms with E-state index < -0.39 is 10.0 Å². The molecule has 144 valence electrons. The van der Waals surface area contributed by atoms with Gasteiger partial charge in [0.25, 0.3) is 0 Å². The van der Waals surface area contributed by atoms with E-state index in [1.807, 2.05) is 67.6 Å². The standard InChI is InChI=1S/C20H24N2O3S2/c1-17(26-19-10-6-3-7-11-19)20(23)21-12-14-22(15-13-21)27(24,25)16-18-8-4-2-5-9-18/h2-11,17H,12-16H2,1H3/t17-/m1/s1. The number of sulfonamides is 1. The van der Waals surface area contributed by atoms with Gasteiger partial charge in [-0.3, -0.25) is 4.79 Å². The summed E-state index contributed by atoms with van der Waals surface area (Å²) in [4.78, 5) is 15.5. The summed E-state index contributed by atoms with van der Waals surface area (Å²) in [6.07, 6.45) is 0. The molecule has 1 heterocycles. The fourth-order valence-corrected chi connectivity index (χ4v) is 5.56. The summed E-state index contributed by atoms with van der Waals surface area (Å²) >= 11 is 1.53. The van der Waals surface area contributed by atoms with Gasteiger partial charge in [-0.1, -0.05) is 48.5 Å². The largest absolute Gasteiger partial charge is 0.339 e. The monoisotopic (exact) mass is 404 g/mol. The van der Waals surface area contributed by atoms with E-state index in [-0.39, 0.29) is 16.9 Å². The summed E-state index contributed by atoms with van der Waals surface area (Å²) in [6, 6.07) is 19.0. The molecule has 0 spiro atoms. The summed E-state index contributed by atoms with van der Waals surface area (Å²) in [6.45, 7) is 3.48. The van der Waals surface area contributed by atoms with Crippen LogP contribution < -0.4 is 0 Å². The molecule has 2 aromatic rings. The maximum Gasteiger partial charge on any atom is 0.235 e. The lowest BCUT2D eigenvalue weighted by Gasteiger charge is -2.35. The molecule has 0 unspecified atom stereocenters. The van der Waals surface area contributed by atoms with Crippen molar-refractivity contribution in [3.05, 3.63) is 66.2 Å². The van der Waals surface area contributed by atoms with Crippen molar-refractivity contribution in [1.82, 2.24) is 9.21 Å². The number of benzene rings is 2. The van der Waals surface area contributed by atoms with Crippen molar-refractivity contribution >= 4 is 27.7 Å². The normalized spacial score (nSPS) is 16.9. The molecule has 1 saturated heterocycles. The van der Waals surface area contributed by atoms with E-state index in [1.54, 1.807) is 4.90 Å². The highest BCUT2D eigenvalue weighted by Gasteiger charge is 2.30. The van der Waals surface area contributed by atoms with Gasteiger partial charge in [-0.15, -0.1) is 11.8 Å². The molecule has 2 aromatic carbocycles. The second-order valence-electron chi connectivity index (χ2n) is 6.54. The first-order valence-electron chi connectivity index (χ1n) is 8.98. The van der Waals surface area contributed by atoms with Crippen LogP contribution >= 0.6 is 11.8 Å². The molecule has 0 N–H and O–H groups in total. The molecule has 0 saturated carbocycles. The molecule has 0 aliphatic carbocycles. The topological polar surface area (TPSA) is 57.7 Å². The molecule has 0 aromatic heterocycles. The van der Waals surface area contributed by atoms with Crippen LogP contribution in [0.1, 0.15) is 12.5 Å². The van der Waals surface area contributed by atoms with E-state index in [0.29, 0.717) is 26.2 Å². The molecule has 7 heteroatoms. The highest BCUT2D eigenvalue weighted by Crippen LogP contribution is 2.24. The SMILES string of the molecule is C[C@@H](Sc1ccccc1)C(=O)N1CCN(S(=O)(=O)Cc2ccccc2)CC1. The van der Waals surface area contributed by atoms with Gasteiger partial charge in [0.2, 0.25) is 15.9 Å². The smallest absolute Gasteiger partial charge is 0.235 e. The molecule has 0 bridgehead atoms. The van der Waals surface area contributed by atoms with E-state index in [9.17, 15) is 13.2 Å². The van der Waals surface area contributed by atoms with Crippen molar-refractivity contribution in [2.45, 2.75) is 22.8 Å². The van der Waals surface area contributed by atoms with Gasteiger partial charge in [0.05, 0.1) is 11.0 Å². The van der Waals surface area contributed by atoms with Crippen LogP contribution in [0.2, 0.25) is 0 Å². The second-order valence-corrected chi connectivity index (χ2v) is 9.92. The van der Waals surface area contributed by atoms with Crippen molar-refractivity contribution in [2.24, 2.45) is 0 Å². The van der Waals surface area contributed by atoms with Gasteiger partial charge < -0.3 is 4.90 Å². The molecular formula is C20H24N2O3S2. The maximum atomic E-state index is 12.7. The fraction of sp³-hybridized carbons (Fsp3) is 0.350. The van der Waals surface area contributed by atoms with Gasteiger partial charge in [-0.05, 0) is 24.6 Å². The number of hydrogen-bond acceptors (Lipinski definition) is 4. The first kappa shape index (κ1) is 19.9. The number of carbonyl (C=O) groups excluding carboxylic acids is 1. The van der Waals surface area contributed by atoms with Crippen LogP contribution in [0.4, 0.5) is 0 Å². The quantitative estimate of drug-likeness (QED) is 0.695. The molecule has 1 fully saturated rings. The summed E-state index contributed by atoms with van der Waals surface area (Å²) in [7, 11) is -3.36. The Morgan fingerprint density at radius 2 is 1.52 bits per heavy atom. The minimum absolute atomic E-state index is 0.00203. The van der Waals surface area contributed by atoms with E-state index in [1.165, 1.54) is 16.1 Å². The molecular weight excluding hydrogens is 380 g/mol. The average Bonchev–Trinajstić information content (AvgIpc) is 2.69. The predicted octanol–water partition coefficient (Wildman–Crippen LogP) is 2.84. The van der Waals surface area contributed by atoms with Crippen LogP contribution in [0.3, 0.4) is 0 Å². The van der Waals surface area contributed by atoms with Crippen molar-refractivity contribution in [3.63, 3.8) is 0 Å². The van der Waals surface area contributed by atoms with Crippen LogP contribution in [-0.2, 0) is 20.6 Å². The molecule has 1 atom stereocenters. The molecule has 1 amide bonds. The summed E-state index contributed by atoms with van der Waals surface area (Å²) in [5, 5.41) is -0.195. The van der Waals surface area contributed by atoms with Gasteiger partial charge in [0.1, 0.15) is 0 Å². The molecule has 1 aliphatic rings. The Bertz CT molecular complexity index is 849. The number of hydrogen-bond donors (Lipinski definition) is 0. The summed E-state index contributed by atoms with van der Waals surface area (Å²) in [5.41, 5.74) is 0.781. The van der Waals surface area contributed by atoms with Crippen LogP contribution in [-0.4, -0.2) is 55.0 Å². The fourth-order valence-electron chi connectivity index (χ4n) is 3.07. The van der Waals surface area contributed by atoms with E-state index in [0.717, 1.165) is 10.5 Å². The Hall–Kier alpha value is -1.83. The predicted molar refractivity (Wildman–Crippen MR) is 109 cm³/mol. The Kier molecular flexibility index (Phi) is 6.57. The molecule has 3 rings (SSSR count). The zero-order valence-corrected chi connectivity index (χ0v) is 17.0. The van der Waals surface area contributed by atoms with Gasteiger partial charge in [-0.2, -0.15) is 4.31 Å². The lowest BCUT2D eigenvalue weighted by Crippen LogP contribution is -2.52. The Labute approximate surface area is 165 Å². The third-order valence-corrected chi connectivity index (χ3v) is 7.49. The van der Waals surface area contributed by atoms with Gasteiger partial charge >= 0.3 is 0 Å². The minimum Gasteiger partial charge on any atom is -0.339 e. The Morgan fingerprint density at radius 1 is 0.963 bits per heavy atom. The van der Waals surface area contributed by atoms with E-state index in [2.05, 4.69) is 0 Å². The summed E-state index contributed by atoms with van der Waals surface area (Å²) in [5.74, 6) is 0.0613. The minimum atomic E-state index is -3.36. The van der Waals surface area contributed by atoms with Gasteiger partial charge in [0.15, 0.2) is 0 Å². The van der Waals surface area contributed by atoms with E-state index in [4.69, 9.17) is 0 Å². The number of rotatable bonds is 6. The average molecular weight is 405 g/mol. The number of thioether (sulfide) groups is 1. The number of carbonyl (C=O) groups is 1. The van der Waals surface area contributed by atoms with Crippen molar-refractivity contribution in [2.75, 3.05) is 26.2 Å². The first-order chi connectivity index (χ1) is 13.0. The van der Waals surface area contributed by atoms with Crippen LogP contribution in [0, 0.1) is 0 Å².